The van der Waals surface area contributed by atoms with Crippen LogP contribution in [0.4, 0.5) is 5.69 Å². The Morgan fingerprint density at radius 2 is 1.62 bits per heavy atom. The number of rotatable bonds is 3. The molecule has 0 aliphatic carbocycles. The molecule has 4 aromatic rings. The number of pyridine rings is 2. The maximum absolute atomic E-state index is 6.57. The molecule has 0 aliphatic heterocycles. The fourth-order valence-corrected chi connectivity index (χ4v) is 3.53. The monoisotopic (exact) mass is 342 g/mol. The quantitative estimate of drug-likeness (QED) is 0.589. The second-order valence-electron chi connectivity index (χ2n) is 6.72. The number of benzene rings is 1. The lowest BCUT2D eigenvalue weighted by Gasteiger charge is -2.12. The molecule has 0 radical (unpaired) electrons. The molecule has 26 heavy (non-hydrogen) atoms. The summed E-state index contributed by atoms with van der Waals surface area (Å²) in [7, 11) is 0. The predicted molar refractivity (Wildman–Crippen MR) is 107 cm³/mol. The minimum absolute atomic E-state index is 0.752. The molecule has 0 saturated heterocycles. The van der Waals surface area contributed by atoms with Crippen molar-refractivity contribution in [1.82, 2.24) is 14.5 Å². The number of fused-ring (bicyclic) bond motifs is 1. The van der Waals surface area contributed by atoms with Gasteiger partial charge in [0.25, 0.3) is 0 Å². The van der Waals surface area contributed by atoms with Crippen LogP contribution in [0.5, 0.6) is 0 Å². The summed E-state index contributed by atoms with van der Waals surface area (Å²) in [6.07, 6.45) is 3.65. The highest BCUT2D eigenvalue weighted by Gasteiger charge is 2.19. The average Bonchev–Trinajstić information content (AvgIpc) is 2.91. The van der Waals surface area contributed by atoms with Gasteiger partial charge in [-0.3, -0.25) is 4.98 Å². The van der Waals surface area contributed by atoms with E-state index >= 15 is 0 Å². The lowest BCUT2D eigenvalue weighted by Crippen LogP contribution is -2.05. The van der Waals surface area contributed by atoms with Crippen LogP contribution in [0.25, 0.3) is 22.3 Å². The molecule has 0 atom stereocenters. The summed E-state index contributed by atoms with van der Waals surface area (Å²) < 4.78 is 2.25. The van der Waals surface area contributed by atoms with Gasteiger partial charge in [0.1, 0.15) is 5.65 Å². The number of nitrogens with zero attached hydrogens (tertiary/aromatic N) is 3. The van der Waals surface area contributed by atoms with Crippen LogP contribution < -0.4 is 5.73 Å². The Morgan fingerprint density at radius 3 is 2.31 bits per heavy atom. The van der Waals surface area contributed by atoms with Crippen molar-refractivity contribution in [3.8, 4) is 11.3 Å². The molecule has 0 aliphatic rings. The second-order valence-corrected chi connectivity index (χ2v) is 6.72. The van der Waals surface area contributed by atoms with Gasteiger partial charge in [0.05, 0.1) is 5.69 Å². The van der Waals surface area contributed by atoms with Gasteiger partial charge in [-0.1, -0.05) is 30.3 Å². The van der Waals surface area contributed by atoms with Gasteiger partial charge in [-0.25, -0.2) is 4.98 Å². The van der Waals surface area contributed by atoms with Gasteiger partial charge in [0.2, 0.25) is 0 Å². The minimum atomic E-state index is 0.752. The molecular weight excluding hydrogens is 320 g/mol. The first kappa shape index (κ1) is 16.3. The molecule has 2 N–H and O–H groups in total. The van der Waals surface area contributed by atoms with Crippen LogP contribution in [0.1, 0.15) is 22.4 Å². The molecule has 0 spiro atoms. The summed E-state index contributed by atoms with van der Waals surface area (Å²) in [6.45, 7) is 7.07. The largest absolute Gasteiger partial charge is 0.398 e. The normalized spacial score (nSPS) is 11.2. The van der Waals surface area contributed by atoms with Crippen LogP contribution in [0.2, 0.25) is 0 Å². The van der Waals surface area contributed by atoms with Gasteiger partial charge in [0, 0.05) is 41.3 Å². The molecule has 1 aromatic carbocycles. The number of nitrogen functional groups attached to an aromatic ring is 1. The smallest absolute Gasteiger partial charge is 0.143 e. The second kappa shape index (κ2) is 6.30. The highest BCUT2D eigenvalue weighted by Crippen LogP contribution is 2.36. The molecule has 0 bridgehead atoms. The Morgan fingerprint density at radius 1 is 0.923 bits per heavy atom. The topological polar surface area (TPSA) is 56.7 Å². The molecule has 0 unspecified atom stereocenters. The van der Waals surface area contributed by atoms with Crippen molar-refractivity contribution in [2.75, 3.05) is 5.73 Å². The zero-order valence-corrected chi connectivity index (χ0v) is 15.3. The van der Waals surface area contributed by atoms with Gasteiger partial charge in [-0.15, -0.1) is 0 Å². The van der Waals surface area contributed by atoms with Crippen molar-refractivity contribution in [2.24, 2.45) is 0 Å². The molecule has 0 saturated carbocycles. The van der Waals surface area contributed by atoms with E-state index in [4.69, 9.17) is 10.7 Å². The Balaban J connectivity index is 1.98. The SMILES string of the molecule is Cc1c(-c2ccccc2)nc2c(c(C)c(C)n2Cc2ccncc2)c1N. The van der Waals surface area contributed by atoms with Gasteiger partial charge in [-0.2, -0.15) is 0 Å². The van der Waals surface area contributed by atoms with Gasteiger partial charge in [-0.05, 0) is 49.6 Å². The molecule has 0 amide bonds. The van der Waals surface area contributed by atoms with Crippen LogP contribution in [-0.4, -0.2) is 14.5 Å². The van der Waals surface area contributed by atoms with Crippen LogP contribution in [0.3, 0.4) is 0 Å². The number of hydrogen-bond acceptors (Lipinski definition) is 3. The van der Waals surface area contributed by atoms with Crippen molar-refractivity contribution in [2.45, 2.75) is 27.3 Å². The highest BCUT2D eigenvalue weighted by molar-refractivity contribution is 5.97. The summed E-state index contributed by atoms with van der Waals surface area (Å²) >= 11 is 0. The van der Waals surface area contributed by atoms with E-state index in [0.29, 0.717) is 0 Å². The maximum Gasteiger partial charge on any atom is 0.143 e. The molecule has 4 nitrogen and oxygen atoms in total. The standard InChI is InChI=1S/C22H22N4/c1-14-16(3)26(13-17-9-11-24-12-10-17)22-19(14)20(23)15(2)21(25-22)18-7-5-4-6-8-18/h4-12H,13H2,1-3H3,(H2,23,25). The highest BCUT2D eigenvalue weighted by atomic mass is 15.1. The third-order valence-electron chi connectivity index (χ3n) is 5.19. The first-order valence-electron chi connectivity index (χ1n) is 8.77. The average molecular weight is 342 g/mol. The summed E-state index contributed by atoms with van der Waals surface area (Å²) in [5.41, 5.74) is 15.0. The van der Waals surface area contributed by atoms with E-state index < -0.39 is 0 Å². The van der Waals surface area contributed by atoms with E-state index in [0.717, 1.165) is 40.1 Å². The van der Waals surface area contributed by atoms with E-state index in [-0.39, 0.29) is 0 Å². The van der Waals surface area contributed by atoms with Gasteiger partial charge < -0.3 is 10.3 Å². The molecule has 3 aromatic heterocycles. The number of aryl methyl sites for hydroxylation is 1. The first-order chi connectivity index (χ1) is 12.6. The first-order valence-corrected chi connectivity index (χ1v) is 8.77. The Labute approximate surface area is 153 Å². The van der Waals surface area contributed by atoms with E-state index in [2.05, 4.69) is 42.5 Å². The van der Waals surface area contributed by atoms with Gasteiger partial charge >= 0.3 is 0 Å². The van der Waals surface area contributed by atoms with Crippen LogP contribution in [-0.2, 0) is 6.54 Å². The number of aromatic nitrogens is 3. The zero-order chi connectivity index (χ0) is 18.3. The third-order valence-corrected chi connectivity index (χ3v) is 5.19. The Bertz CT molecular complexity index is 1080. The van der Waals surface area contributed by atoms with Crippen molar-refractivity contribution >= 4 is 16.7 Å². The molecular formula is C22H22N4. The summed E-state index contributed by atoms with van der Waals surface area (Å²) in [6, 6.07) is 14.3. The number of anilines is 1. The van der Waals surface area contributed by atoms with Crippen molar-refractivity contribution in [1.29, 1.82) is 0 Å². The summed E-state index contributed by atoms with van der Waals surface area (Å²) in [5, 5.41) is 1.06. The van der Waals surface area contributed by atoms with Crippen LogP contribution in [0, 0.1) is 20.8 Å². The molecule has 4 rings (SSSR count). The fourth-order valence-electron chi connectivity index (χ4n) is 3.53. The van der Waals surface area contributed by atoms with Crippen LogP contribution >= 0.6 is 0 Å². The Kier molecular flexibility index (Phi) is 3.96. The molecule has 0 fully saturated rings. The number of nitrogens with two attached hydrogens (primary N) is 1. The van der Waals surface area contributed by atoms with E-state index in [1.54, 1.807) is 0 Å². The van der Waals surface area contributed by atoms with Gasteiger partial charge in [0.15, 0.2) is 0 Å². The summed E-state index contributed by atoms with van der Waals surface area (Å²) in [5.74, 6) is 0. The van der Waals surface area contributed by atoms with Crippen molar-refractivity contribution in [3.63, 3.8) is 0 Å². The molecule has 130 valence electrons. The molecule has 4 heteroatoms. The zero-order valence-electron chi connectivity index (χ0n) is 15.3. The Hall–Kier alpha value is -3.14. The predicted octanol–water partition coefficient (Wildman–Crippen LogP) is 4.65. The van der Waals surface area contributed by atoms with E-state index in [1.807, 2.05) is 42.7 Å². The third kappa shape index (κ3) is 2.54. The number of hydrogen-bond donors (Lipinski definition) is 1. The lowest BCUT2D eigenvalue weighted by molar-refractivity contribution is 0.790. The van der Waals surface area contributed by atoms with Crippen LogP contribution in [0.15, 0.2) is 54.9 Å². The minimum Gasteiger partial charge on any atom is -0.398 e. The molecule has 3 heterocycles. The summed E-state index contributed by atoms with van der Waals surface area (Å²) in [4.78, 5) is 9.16. The fraction of sp³-hybridized carbons (Fsp3) is 0.182. The lowest BCUT2D eigenvalue weighted by atomic mass is 10.0. The van der Waals surface area contributed by atoms with Crippen molar-refractivity contribution < 1.29 is 0 Å². The van der Waals surface area contributed by atoms with E-state index in [9.17, 15) is 0 Å². The van der Waals surface area contributed by atoms with Crippen molar-refractivity contribution in [3.05, 3.63) is 77.2 Å². The maximum atomic E-state index is 6.57. The van der Waals surface area contributed by atoms with E-state index in [1.165, 1.54) is 16.8 Å².